The third kappa shape index (κ3) is 6.48. The maximum absolute atomic E-state index is 11.8. The molecule has 5 aromatic rings. The molecule has 196 valence electrons. The van der Waals surface area contributed by atoms with Gasteiger partial charge in [-0.25, -0.2) is 18.6 Å². The molecule has 0 bridgehead atoms. The number of benzene rings is 2. The first kappa shape index (κ1) is 28.7. The Bertz CT molecular complexity index is 1690. The van der Waals surface area contributed by atoms with Crippen LogP contribution < -0.4 is 9.39 Å². The molecule has 2 aromatic carbocycles. The summed E-state index contributed by atoms with van der Waals surface area (Å²) in [7, 11) is -5.18. The van der Waals surface area contributed by atoms with Gasteiger partial charge < -0.3 is 22.5 Å². The first-order valence-corrected chi connectivity index (χ1v) is 13.8. The van der Waals surface area contributed by atoms with Crippen LogP contribution in [0, 0.1) is 0 Å². The zero-order chi connectivity index (χ0) is 26.7. The van der Waals surface area contributed by atoms with Gasteiger partial charge >= 0.3 is 30.8 Å². The van der Waals surface area contributed by atoms with Gasteiger partial charge in [0.05, 0.1) is 46.3 Å². The Kier molecular flexibility index (Phi) is 9.03. The average molecular weight is 574 g/mol. The number of hydrogen-bond acceptors (Lipinski definition) is 8. The summed E-state index contributed by atoms with van der Waals surface area (Å²) < 4.78 is 34.9. The van der Waals surface area contributed by atoms with Gasteiger partial charge in [0.15, 0.2) is 5.82 Å². The van der Waals surface area contributed by atoms with E-state index >= 15 is 0 Å². The summed E-state index contributed by atoms with van der Waals surface area (Å²) in [4.78, 5) is 36.8. The summed E-state index contributed by atoms with van der Waals surface area (Å²) in [6, 6.07) is 22.3. The third-order valence-electron chi connectivity index (χ3n) is 5.55. The number of hydrogen-bond donors (Lipinski definition) is 3. The van der Waals surface area contributed by atoms with Crippen molar-refractivity contribution in [3.8, 4) is 22.5 Å². The van der Waals surface area contributed by atoms with Crippen molar-refractivity contribution in [3.05, 3.63) is 97.1 Å². The Morgan fingerprint density at radius 1 is 0.974 bits per heavy atom. The fourth-order valence-corrected chi connectivity index (χ4v) is 5.33. The molecule has 0 saturated carbocycles. The third-order valence-corrected chi connectivity index (χ3v) is 7.79. The molecule has 3 heterocycles. The van der Waals surface area contributed by atoms with Crippen molar-refractivity contribution >= 4 is 64.5 Å². The average Bonchev–Trinajstić information content (AvgIpc) is 2.91. The first-order valence-electron chi connectivity index (χ1n) is 11.2. The molecule has 1 unspecified atom stereocenters. The number of anilines is 2. The standard InChI is InChI=1S/C25H21N6O5PS.Mg.2H/c32-37(33,34)31(38(35)36)20-13-18(14-26-16-20)24-29-22-11-6-10-21(17-7-2-1-3-8-17)23(22)25(30-24)28-15-19-9-4-5-12-27-19;;;/h1-14,16H,15H2,(H,35,36)(H,28,29,30)(H2,32,33,34);;;/q;+2;2*-1/p-1. The van der Waals surface area contributed by atoms with Gasteiger partial charge in [-0.1, -0.05) is 48.5 Å². The van der Waals surface area contributed by atoms with Crippen LogP contribution in [-0.2, 0) is 22.4 Å². The van der Waals surface area contributed by atoms with Gasteiger partial charge in [0.1, 0.15) is 5.82 Å². The summed E-state index contributed by atoms with van der Waals surface area (Å²) in [5, 5.41) is 4.10. The molecule has 0 aliphatic rings. The van der Waals surface area contributed by atoms with Crippen LogP contribution in [0.4, 0.5) is 11.5 Å². The van der Waals surface area contributed by atoms with Crippen molar-refractivity contribution in [1.82, 2.24) is 19.9 Å². The van der Waals surface area contributed by atoms with Crippen LogP contribution in [0.2, 0.25) is 0 Å². The van der Waals surface area contributed by atoms with E-state index in [1.807, 2.05) is 66.7 Å². The molecule has 0 fully saturated rings. The van der Waals surface area contributed by atoms with E-state index in [0.717, 1.165) is 28.4 Å². The van der Waals surface area contributed by atoms with Crippen LogP contribution in [0.5, 0.6) is 0 Å². The van der Waals surface area contributed by atoms with Crippen LogP contribution >= 0.6 is 7.75 Å². The molecule has 0 spiro atoms. The molecular weight excluding hydrogens is 552 g/mol. The van der Waals surface area contributed by atoms with E-state index in [0.29, 0.717) is 17.9 Å². The molecule has 11 nitrogen and oxygen atoms in total. The van der Waals surface area contributed by atoms with E-state index in [9.17, 15) is 23.1 Å². The summed E-state index contributed by atoms with van der Waals surface area (Å²) in [6.07, 6.45) is 4.12. The molecule has 5 rings (SSSR count). The van der Waals surface area contributed by atoms with E-state index < -0.39 is 19.0 Å². The largest absolute Gasteiger partial charge is 2.00 e. The predicted octanol–water partition coefficient (Wildman–Crippen LogP) is 3.90. The number of fused-ring (bicyclic) bond motifs is 1. The fourth-order valence-electron chi connectivity index (χ4n) is 3.95. The maximum atomic E-state index is 11.8. The van der Waals surface area contributed by atoms with Gasteiger partial charge in [0.25, 0.3) is 0 Å². The molecule has 1 atom stereocenters. The fraction of sp³-hybridized carbons (Fsp3) is 0.0400. The van der Waals surface area contributed by atoms with Crippen LogP contribution in [0.15, 0.2) is 91.4 Å². The number of aromatic nitrogens is 4. The molecule has 0 aliphatic carbocycles. The first-order chi connectivity index (χ1) is 18.3. The summed E-state index contributed by atoms with van der Waals surface area (Å²) in [5.74, 6) is 0.683. The molecule has 39 heavy (non-hydrogen) atoms. The Labute approximate surface area is 245 Å². The van der Waals surface area contributed by atoms with Gasteiger partial charge in [-0.3, -0.25) is 14.2 Å². The molecule has 14 heteroatoms. The van der Waals surface area contributed by atoms with Gasteiger partial charge in [-0.05, 0) is 35.4 Å². The number of nitrogens with one attached hydrogen (secondary N) is 1. The smallest absolute Gasteiger partial charge is 1.00 e. The number of rotatable bonds is 8. The Hall–Kier alpha value is -3.29. The Balaban J connectivity index is 0.00000196. The van der Waals surface area contributed by atoms with Crippen molar-refractivity contribution < 1.29 is 26.0 Å². The van der Waals surface area contributed by atoms with E-state index in [4.69, 9.17) is 4.98 Å². The summed E-state index contributed by atoms with van der Waals surface area (Å²) in [5.41, 5.74) is 3.20. The van der Waals surface area contributed by atoms with Crippen LogP contribution in [0.1, 0.15) is 8.55 Å². The van der Waals surface area contributed by atoms with Crippen molar-refractivity contribution in [2.24, 2.45) is 0 Å². The minimum atomic E-state index is -5.18. The maximum Gasteiger partial charge on any atom is 2.00 e. The minimum absolute atomic E-state index is 0. The van der Waals surface area contributed by atoms with Gasteiger partial charge in [0.2, 0.25) is 0 Å². The van der Waals surface area contributed by atoms with Crippen molar-refractivity contribution in [2.75, 3.05) is 9.39 Å². The molecule has 0 aliphatic heterocycles. The van der Waals surface area contributed by atoms with E-state index in [1.54, 1.807) is 6.20 Å². The molecule has 0 radical (unpaired) electrons. The topological polar surface area (TPSA) is 164 Å². The van der Waals surface area contributed by atoms with Crippen molar-refractivity contribution in [2.45, 2.75) is 6.54 Å². The second-order valence-corrected chi connectivity index (χ2v) is 10.6. The summed E-state index contributed by atoms with van der Waals surface area (Å²) in [6.45, 7) is 0.370. The van der Waals surface area contributed by atoms with Crippen molar-refractivity contribution in [1.29, 1.82) is 0 Å². The molecular formula is C25H22MgN6O5PS-. The predicted molar refractivity (Wildman–Crippen MR) is 151 cm³/mol. The second-order valence-electron chi connectivity index (χ2n) is 8.07. The zero-order valence-electron chi connectivity index (χ0n) is 22.3. The minimum Gasteiger partial charge on any atom is -1.00 e. The molecule has 0 amide bonds. The quantitative estimate of drug-likeness (QED) is 0.141. The van der Waals surface area contributed by atoms with Crippen LogP contribution in [0.25, 0.3) is 33.4 Å². The Morgan fingerprint density at radius 2 is 1.74 bits per heavy atom. The molecule has 3 N–H and O–H groups in total. The van der Waals surface area contributed by atoms with E-state index in [2.05, 4.69) is 20.3 Å². The summed E-state index contributed by atoms with van der Waals surface area (Å²) >= 11 is -3.24. The molecule has 3 aromatic heterocycles. The van der Waals surface area contributed by atoms with Gasteiger partial charge in [-0.15, -0.1) is 0 Å². The van der Waals surface area contributed by atoms with Crippen LogP contribution in [0.3, 0.4) is 0 Å². The zero-order valence-corrected chi connectivity index (χ0v) is 23.4. The van der Waals surface area contributed by atoms with E-state index in [1.165, 1.54) is 12.3 Å². The number of pyridine rings is 2. The monoisotopic (exact) mass is 573 g/mol. The Morgan fingerprint density at radius 3 is 2.44 bits per heavy atom. The molecule has 0 saturated heterocycles. The van der Waals surface area contributed by atoms with E-state index in [-0.39, 0.29) is 47.1 Å². The van der Waals surface area contributed by atoms with Crippen molar-refractivity contribution in [3.63, 3.8) is 0 Å². The normalized spacial score (nSPS) is 12.0. The SMILES string of the molecule is O=S([O-])N(c1cncc(-c2nc(NCc3ccccn3)c3c(-c4ccccc4)cccc3n2)c1)P(=O)(O)O.[H-].[H-].[Mg+2]. The van der Waals surface area contributed by atoms with Gasteiger partial charge in [-0.2, -0.15) is 0 Å². The number of nitrogens with zero attached hydrogens (tertiary/aromatic N) is 5. The second kappa shape index (κ2) is 12.3. The van der Waals surface area contributed by atoms with Crippen LogP contribution in [-0.4, -0.2) is 61.5 Å². The van der Waals surface area contributed by atoms with Gasteiger partial charge in [0, 0.05) is 18.0 Å².